The van der Waals surface area contributed by atoms with Crippen LogP contribution >= 0.6 is 0 Å². The van der Waals surface area contributed by atoms with E-state index in [4.69, 9.17) is 35.2 Å². The summed E-state index contributed by atoms with van der Waals surface area (Å²) in [6.07, 6.45) is 1.45. The number of hydrogen-bond donors (Lipinski definition) is 2. The van der Waals surface area contributed by atoms with Crippen LogP contribution in [0.15, 0.2) is 0 Å². The molecule has 0 aliphatic carbocycles. The highest BCUT2D eigenvalue weighted by molar-refractivity contribution is 4.45. The zero-order valence-electron chi connectivity index (χ0n) is 13.3. The second-order valence-corrected chi connectivity index (χ2v) is 4.46. The average Bonchev–Trinajstić information content (AvgIpc) is 2.49. The molecule has 0 bridgehead atoms. The van der Waals surface area contributed by atoms with Crippen LogP contribution in [0.1, 0.15) is 19.8 Å². The van der Waals surface area contributed by atoms with Crippen molar-refractivity contribution >= 4 is 0 Å². The molecule has 0 saturated carbocycles. The smallest absolute Gasteiger partial charge is 0.129 e. The lowest BCUT2D eigenvalue weighted by atomic mass is 10.5. The Labute approximate surface area is 128 Å². The van der Waals surface area contributed by atoms with Gasteiger partial charge in [-0.05, 0) is 19.4 Å². The van der Waals surface area contributed by atoms with Gasteiger partial charge in [-0.1, -0.05) is 6.92 Å². The topological polar surface area (TPSA) is 98.2 Å². The van der Waals surface area contributed by atoms with Gasteiger partial charge in [-0.3, -0.25) is 0 Å². The average molecular weight is 308 g/mol. The summed E-state index contributed by atoms with van der Waals surface area (Å²) in [7, 11) is 0. The first-order chi connectivity index (χ1) is 10.3. The van der Waals surface area contributed by atoms with E-state index < -0.39 is 6.23 Å². The van der Waals surface area contributed by atoms with Crippen LogP contribution in [0, 0.1) is 0 Å². The molecule has 0 aliphatic heterocycles. The lowest BCUT2D eigenvalue weighted by Crippen LogP contribution is -2.31. The monoisotopic (exact) mass is 308 g/mol. The van der Waals surface area contributed by atoms with Crippen molar-refractivity contribution in [2.75, 3.05) is 66.0 Å². The van der Waals surface area contributed by atoms with E-state index in [9.17, 15) is 0 Å². The second-order valence-electron chi connectivity index (χ2n) is 4.46. The lowest BCUT2D eigenvalue weighted by molar-refractivity contribution is -0.0490. The maximum Gasteiger partial charge on any atom is 0.129 e. The van der Waals surface area contributed by atoms with Gasteiger partial charge in [0.1, 0.15) is 6.23 Å². The van der Waals surface area contributed by atoms with E-state index >= 15 is 0 Å². The van der Waals surface area contributed by atoms with Gasteiger partial charge in [0.2, 0.25) is 0 Å². The predicted octanol–water partition coefficient (Wildman–Crippen LogP) is 0.113. The van der Waals surface area contributed by atoms with Crippen molar-refractivity contribution in [1.29, 1.82) is 0 Å². The van der Waals surface area contributed by atoms with Gasteiger partial charge in [0.15, 0.2) is 0 Å². The molecule has 128 valence electrons. The molecule has 0 aromatic carbocycles. The van der Waals surface area contributed by atoms with Crippen LogP contribution in [0.2, 0.25) is 0 Å². The molecule has 0 amide bonds. The number of hydrogen-bond acceptors (Lipinski definition) is 7. The van der Waals surface area contributed by atoms with Crippen LogP contribution in [0.5, 0.6) is 0 Å². The Bertz CT molecular complexity index is 198. The van der Waals surface area contributed by atoms with E-state index in [-0.39, 0.29) is 0 Å². The van der Waals surface area contributed by atoms with Gasteiger partial charge in [0, 0.05) is 13.2 Å². The molecule has 0 spiro atoms. The first kappa shape index (κ1) is 20.7. The van der Waals surface area contributed by atoms with Crippen molar-refractivity contribution in [3.8, 4) is 0 Å². The molecule has 7 nitrogen and oxygen atoms in total. The van der Waals surface area contributed by atoms with Gasteiger partial charge in [-0.15, -0.1) is 0 Å². The summed E-state index contributed by atoms with van der Waals surface area (Å²) in [5.74, 6) is 0. The van der Waals surface area contributed by atoms with Crippen LogP contribution in [0.3, 0.4) is 0 Å². The predicted molar refractivity (Wildman–Crippen MR) is 81.2 cm³/mol. The normalized spacial score (nSPS) is 12.7. The fourth-order valence-electron chi connectivity index (χ4n) is 1.38. The molecular formula is C14H32N2O5. The zero-order valence-corrected chi connectivity index (χ0v) is 13.3. The van der Waals surface area contributed by atoms with E-state index in [1.807, 2.05) is 0 Å². The highest BCUT2D eigenvalue weighted by atomic mass is 16.6. The van der Waals surface area contributed by atoms with Gasteiger partial charge in [0.05, 0.1) is 46.2 Å². The third-order valence-electron chi connectivity index (χ3n) is 2.43. The Hall–Kier alpha value is -0.280. The van der Waals surface area contributed by atoms with Crippen molar-refractivity contribution in [1.82, 2.24) is 0 Å². The first-order valence-corrected chi connectivity index (χ1v) is 7.69. The molecule has 4 N–H and O–H groups in total. The van der Waals surface area contributed by atoms with Gasteiger partial charge < -0.3 is 35.2 Å². The van der Waals surface area contributed by atoms with Crippen LogP contribution in [0.25, 0.3) is 0 Å². The highest BCUT2D eigenvalue weighted by Gasteiger charge is 2.02. The van der Waals surface area contributed by atoms with Crippen LogP contribution in [-0.2, 0) is 23.7 Å². The minimum absolute atomic E-state index is 0.347. The molecule has 0 heterocycles. The molecular weight excluding hydrogens is 276 g/mol. The summed E-state index contributed by atoms with van der Waals surface area (Å²) < 4.78 is 26.6. The van der Waals surface area contributed by atoms with Gasteiger partial charge in [-0.2, -0.15) is 0 Å². The molecule has 0 fully saturated rings. The number of nitrogens with two attached hydrogens (primary N) is 2. The molecule has 1 unspecified atom stereocenters. The zero-order chi connectivity index (χ0) is 15.6. The summed E-state index contributed by atoms with van der Waals surface area (Å²) in [5, 5.41) is 0. The van der Waals surface area contributed by atoms with Crippen molar-refractivity contribution in [3.05, 3.63) is 0 Å². The standard InChI is InChI=1S/C14H32N2O5/c1-2-5-17-7-8-19-11-12-21-14(16)13-20-10-9-18-6-3-4-15/h14H,2-13,15-16H2,1H3. The summed E-state index contributed by atoms with van der Waals surface area (Å²) in [6, 6.07) is 0. The molecule has 7 heteroatoms. The Morgan fingerprint density at radius 2 is 1.33 bits per heavy atom. The van der Waals surface area contributed by atoms with Gasteiger partial charge in [-0.25, -0.2) is 0 Å². The SMILES string of the molecule is CCCOCCOCCOC(N)COCCOCCCN. The van der Waals surface area contributed by atoms with E-state index in [2.05, 4.69) is 6.92 Å². The van der Waals surface area contributed by atoms with Crippen LogP contribution < -0.4 is 11.5 Å². The van der Waals surface area contributed by atoms with E-state index in [1.54, 1.807) is 0 Å². The second kappa shape index (κ2) is 17.8. The quantitative estimate of drug-likeness (QED) is 0.291. The molecule has 21 heavy (non-hydrogen) atoms. The fraction of sp³-hybridized carbons (Fsp3) is 1.00. The Morgan fingerprint density at radius 3 is 2.00 bits per heavy atom. The molecule has 0 saturated heterocycles. The number of ether oxygens (including phenoxy) is 5. The van der Waals surface area contributed by atoms with Crippen LogP contribution in [0.4, 0.5) is 0 Å². The molecule has 0 radical (unpaired) electrons. The van der Waals surface area contributed by atoms with Crippen LogP contribution in [-0.4, -0.2) is 72.2 Å². The first-order valence-electron chi connectivity index (χ1n) is 7.69. The number of rotatable bonds is 17. The maximum absolute atomic E-state index is 5.73. The summed E-state index contributed by atoms with van der Waals surface area (Å²) >= 11 is 0. The third kappa shape index (κ3) is 17.7. The van der Waals surface area contributed by atoms with E-state index in [0.717, 1.165) is 19.4 Å². The Kier molecular flexibility index (Phi) is 17.5. The Morgan fingerprint density at radius 1 is 0.762 bits per heavy atom. The molecule has 0 rings (SSSR count). The van der Waals surface area contributed by atoms with Gasteiger partial charge in [0.25, 0.3) is 0 Å². The minimum Gasteiger partial charge on any atom is -0.379 e. The van der Waals surface area contributed by atoms with Crippen molar-refractivity contribution < 1.29 is 23.7 Å². The molecule has 0 aliphatic rings. The van der Waals surface area contributed by atoms with Crippen molar-refractivity contribution in [3.63, 3.8) is 0 Å². The summed E-state index contributed by atoms with van der Waals surface area (Å²) in [6.45, 7) is 7.72. The summed E-state index contributed by atoms with van der Waals surface area (Å²) in [5.41, 5.74) is 11.1. The molecule has 1 atom stereocenters. The minimum atomic E-state index is -0.436. The van der Waals surface area contributed by atoms with Gasteiger partial charge >= 0.3 is 0 Å². The fourth-order valence-corrected chi connectivity index (χ4v) is 1.38. The largest absolute Gasteiger partial charge is 0.379 e. The lowest BCUT2D eigenvalue weighted by Gasteiger charge is -2.13. The molecule has 0 aromatic rings. The third-order valence-corrected chi connectivity index (χ3v) is 2.43. The maximum atomic E-state index is 5.73. The van der Waals surface area contributed by atoms with E-state index in [0.29, 0.717) is 59.4 Å². The van der Waals surface area contributed by atoms with Crippen molar-refractivity contribution in [2.24, 2.45) is 11.5 Å². The van der Waals surface area contributed by atoms with Crippen molar-refractivity contribution in [2.45, 2.75) is 26.0 Å². The highest BCUT2D eigenvalue weighted by Crippen LogP contribution is 1.89. The summed E-state index contributed by atoms with van der Waals surface area (Å²) in [4.78, 5) is 0. The van der Waals surface area contributed by atoms with E-state index in [1.165, 1.54) is 0 Å². The Balaban J connectivity index is 3.11. The molecule has 0 aromatic heterocycles.